The normalized spacial score (nSPS) is 27.9. The van der Waals surface area contributed by atoms with Gasteiger partial charge < -0.3 is 10.6 Å². The third-order valence-corrected chi connectivity index (χ3v) is 3.92. The first-order chi connectivity index (χ1) is 8.74. The van der Waals surface area contributed by atoms with E-state index in [4.69, 9.17) is 5.73 Å². The van der Waals surface area contributed by atoms with Crippen LogP contribution in [-0.4, -0.2) is 29.4 Å². The highest BCUT2D eigenvalue weighted by atomic mass is 16.2. The lowest BCUT2D eigenvalue weighted by Crippen LogP contribution is -2.58. The summed E-state index contributed by atoms with van der Waals surface area (Å²) in [5.41, 5.74) is 5.84. The number of carbonyl (C=O) groups excluding carboxylic acids is 1. The predicted molar refractivity (Wildman–Crippen MR) is 80.8 cm³/mol. The van der Waals surface area contributed by atoms with Crippen LogP contribution in [0.15, 0.2) is 0 Å². The van der Waals surface area contributed by atoms with Gasteiger partial charge in [-0.25, -0.2) is 0 Å². The van der Waals surface area contributed by atoms with Crippen molar-refractivity contribution < 1.29 is 4.79 Å². The van der Waals surface area contributed by atoms with Crippen molar-refractivity contribution in [3.05, 3.63) is 0 Å². The Balaban J connectivity index is 2.78. The molecule has 0 aromatic carbocycles. The molecule has 2 N–H and O–H groups in total. The third-order valence-electron chi connectivity index (χ3n) is 3.92. The Labute approximate surface area is 118 Å². The fourth-order valence-corrected chi connectivity index (χ4v) is 3.22. The Bertz CT molecular complexity index is 291. The van der Waals surface area contributed by atoms with Crippen LogP contribution in [0.1, 0.15) is 60.3 Å². The molecular weight excluding hydrogens is 236 g/mol. The van der Waals surface area contributed by atoms with Crippen LogP contribution in [0.2, 0.25) is 0 Å². The monoisotopic (exact) mass is 268 g/mol. The van der Waals surface area contributed by atoms with E-state index < -0.39 is 5.54 Å². The predicted octanol–water partition coefficient (Wildman–Crippen LogP) is 3.03. The van der Waals surface area contributed by atoms with Gasteiger partial charge in [-0.2, -0.15) is 0 Å². The molecule has 3 heteroatoms. The first-order valence-electron chi connectivity index (χ1n) is 7.83. The second kappa shape index (κ2) is 6.74. The van der Waals surface area contributed by atoms with E-state index in [2.05, 4.69) is 34.6 Å². The number of hydrogen-bond acceptors (Lipinski definition) is 2. The van der Waals surface area contributed by atoms with Gasteiger partial charge in [-0.3, -0.25) is 4.79 Å². The van der Waals surface area contributed by atoms with Crippen molar-refractivity contribution in [2.45, 2.75) is 65.8 Å². The standard InChI is InChI=1S/C16H32N2O/c1-12(2)10-18(11-13(3)4)15(19)16(17)8-6-7-14(5)9-16/h12-14H,6-11,17H2,1-5H3. The second-order valence-corrected chi connectivity index (χ2v) is 7.36. The van der Waals surface area contributed by atoms with Gasteiger partial charge in [0.05, 0.1) is 5.54 Å². The number of amides is 1. The van der Waals surface area contributed by atoms with Gasteiger partial charge in [0.2, 0.25) is 5.91 Å². The van der Waals surface area contributed by atoms with E-state index in [-0.39, 0.29) is 5.91 Å². The Morgan fingerprint density at radius 2 is 1.79 bits per heavy atom. The van der Waals surface area contributed by atoms with Crippen LogP contribution >= 0.6 is 0 Å². The van der Waals surface area contributed by atoms with Gasteiger partial charge in [0.25, 0.3) is 0 Å². The minimum Gasteiger partial charge on any atom is -0.341 e. The lowest BCUT2D eigenvalue weighted by Gasteiger charge is -2.40. The molecule has 1 rings (SSSR count). The summed E-state index contributed by atoms with van der Waals surface area (Å²) in [6, 6.07) is 0. The maximum atomic E-state index is 12.8. The fourth-order valence-electron chi connectivity index (χ4n) is 3.22. The Hall–Kier alpha value is -0.570. The van der Waals surface area contributed by atoms with Crippen LogP contribution < -0.4 is 5.73 Å². The molecule has 0 aliphatic heterocycles. The molecule has 0 heterocycles. The van der Waals surface area contributed by atoms with E-state index in [9.17, 15) is 4.79 Å². The number of nitrogens with two attached hydrogens (primary N) is 1. The van der Waals surface area contributed by atoms with Gasteiger partial charge in [0, 0.05) is 13.1 Å². The Morgan fingerprint density at radius 3 is 2.21 bits per heavy atom. The molecule has 1 amide bonds. The molecule has 1 saturated carbocycles. The Morgan fingerprint density at radius 1 is 1.26 bits per heavy atom. The summed E-state index contributed by atoms with van der Waals surface area (Å²) in [5.74, 6) is 1.74. The summed E-state index contributed by atoms with van der Waals surface area (Å²) in [6.45, 7) is 12.5. The molecule has 1 aliphatic rings. The lowest BCUT2D eigenvalue weighted by molar-refractivity contribution is -0.140. The van der Waals surface area contributed by atoms with Crippen molar-refractivity contribution in [3.63, 3.8) is 0 Å². The van der Waals surface area contributed by atoms with Crippen LogP contribution in [-0.2, 0) is 4.79 Å². The maximum absolute atomic E-state index is 12.8. The first kappa shape index (κ1) is 16.5. The molecule has 0 radical (unpaired) electrons. The highest BCUT2D eigenvalue weighted by Gasteiger charge is 2.40. The number of carbonyl (C=O) groups is 1. The minimum absolute atomic E-state index is 0.182. The quantitative estimate of drug-likeness (QED) is 0.833. The lowest BCUT2D eigenvalue weighted by atomic mass is 9.76. The van der Waals surface area contributed by atoms with Crippen LogP contribution in [0.3, 0.4) is 0 Å². The van der Waals surface area contributed by atoms with Crippen molar-refractivity contribution in [1.29, 1.82) is 0 Å². The maximum Gasteiger partial charge on any atom is 0.242 e. The zero-order valence-corrected chi connectivity index (χ0v) is 13.4. The van der Waals surface area contributed by atoms with Crippen LogP contribution in [0, 0.1) is 17.8 Å². The van der Waals surface area contributed by atoms with Crippen molar-refractivity contribution >= 4 is 5.91 Å². The van der Waals surface area contributed by atoms with E-state index in [0.717, 1.165) is 32.4 Å². The second-order valence-electron chi connectivity index (χ2n) is 7.36. The fraction of sp³-hybridized carbons (Fsp3) is 0.938. The van der Waals surface area contributed by atoms with Crippen molar-refractivity contribution in [2.75, 3.05) is 13.1 Å². The number of hydrogen-bond donors (Lipinski definition) is 1. The van der Waals surface area contributed by atoms with Crippen LogP contribution in [0.4, 0.5) is 0 Å². The molecule has 19 heavy (non-hydrogen) atoms. The molecule has 1 fully saturated rings. The van der Waals surface area contributed by atoms with Gasteiger partial charge in [0.15, 0.2) is 0 Å². The molecule has 112 valence electrons. The summed E-state index contributed by atoms with van der Waals surface area (Å²) >= 11 is 0. The summed E-state index contributed by atoms with van der Waals surface area (Å²) in [5, 5.41) is 0. The molecule has 2 atom stereocenters. The molecule has 1 aliphatic carbocycles. The smallest absolute Gasteiger partial charge is 0.242 e. The largest absolute Gasteiger partial charge is 0.341 e. The van der Waals surface area contributed by atoms with E-state index in [0.29, 0.717) is 17.8 Å². The van der Waals surface area contributed by atoms with Gasteiger partial charge in [-0.15, -0.1) is 0 Å². The summed E-state index contributed by atoms with van der Waals surface area (Å²) in [7, 11) is 0. The van der Waals surface area contributed by atoms with Gasteiger partial charge in [0.1, 0.15) is 0 Å². The summed E-state index contributed by atoms with van der Waals surface area (Å²) in [4.78, 5) is 14.8. The molecule has 0 saturated heterocycles. The molecule has 0 aromatic rings. The van der Waals surface area contributed by atoms with Crippen LogP contribution in [0.25, 0.3) is 0 Å². The zero-order valence-electron chi connectivity index (χ0n) is 13.4. The summed E-state index contributed by atoms with van der Waals surface area (Å²) in [6.07, 6.45) is 3.99. The van der Waals surface area contributed by atoms with Crippen LogP contribution in [0.5, 0.6) is 0 Å². The topological polar surface area (TPSA) is 46.3 Å². The Kier molecular flexibility index (Phi) is 5.84. The van der Waals surface area contributed by atoms with E-state index in [1.54, 1.807) is 0 Å². The third kappa shape index (κ3) is 4.79. The molecule has 3 nitrogen and oxygen atoms in total. The highest BCUT2D eigenvalue weighted by Crippen LogP contribution is 2.32. The first-order valence-corrected chi connectivity index (χ1v) is 7.83. The SMILES string of the molecule is CC(C)CN(CC(C)C)C(=O)C1(N)CCCC(C)C1. The van der Waals surface area contributed by atoms with Crippen molar-refractivity contribution in [1.82, 2.24) is 4.90 Å². The van der Waals surface area contributed by atoms with E-state index in [1.807, 2.05) is 4.90 Å². The molecule has 0 spiro atoms. The van der Waals surface area contributed by atoms with E-state index >= 15 is 0 Å². The zero-order chi connectivity index (χ0) is 14.6. The molecule has 2 unspecified atom stereocenters. The molecule has 0 aromatic heterocycles. The summed E-state index contributed by atoms with van der Waals surface area (Å²) < 4.78 is 0. The van der Waals surface area contributed by atoms with Crippen molar-refractivity contribution in [3.8, 4) is 0 Å². The van der Waals surface area contributed by atoms with Gasteiger partial charge >= 0.3 is 0 Å². The molecule has 0 bridgehead atoms. The minimum atomic E-state index is -0.610. The molecular formula is C16H32N2O. The van der Waals surface area contributed by atoms with Gasteiger partial charge in [-0.1, -0.05) is 47.5 Å². The highest BCUT2D eigenvalue weighted by molar-refractivity contribution is 5.86. The van der Waals surface area contributed by atoms with E-state index in [1.165, 1.54) is 6.42 Å². The van der Waals surface area contributed by atoms with Crippen molar-refractivity contribution in [2.24, 2.45) is 23.5 Å². The number of nitrogens with zero attached hydrogens (tertiary/aromatic N) is 1. The number of rotatable bonds is 5. The van der Waals surface area contributed by atoms with Gasteiger partial charge in [-0.05, 0) is 30.6 Å². The average Bonchev–Trinajstić information content (AvgIpc) is 2.25. The average molecular weight is 268 g/mol.